The smallest absolute Gasteiger partial charge is 0.325 e. The Labute approximate surface area is 110 Å². The Morgan fingerprint density at radius 3 is 2.72 bits per heavy atom. The first-order valence-electron chi connectivity index (χ1n) is 5.47. The Bertz CT molecular complexity index is 427. The van der Waals surface area contributed by atoms with Gasteiger partial charge in [0.1, 0.15) is 11.9 Å². The summed E-state index contributed by atoms with van der Waals surface area (Å²) in [5.74, 6) is -1.57. The van der Waals surface area contributed by atoms with Gasteiger partial charge in [0, 0.05) is 13.1 Å². The molecule has 0 aromatic heterocycles. The van der Waals surface area contributed by atoms with Gasteiger partial charge in [-0.2, -0.15) is 0 Å². The maximum absolute atomic E-state index is 13.0. The summed E-state index contributed by atoms with van der Waals surface area (Å²) in [6.07, 6.45) is 0. The Morgan fingerprint density at radius 2 is 2.22 bits per heavy atom. The number of nitrogens with one attached hydrogen (secondary N) is 1. The van der Waals surface area contributed by atoms with Gasteiger partial charge in [-0.1, -0.05) is 17.7 Å². The van der Waals surface area contributed by atoms with E-state index in [1.54, 1.807) is 0 Å². The molecule has 1 unspecified atom stereocenters. The second kappa shape index (κ2) is 6.68. The highest BCUT2D eigenvalue weighted by Gasteiger charge is 2.19. The molecule has 2 N–H and O–H groups in total. The van der Waals surface area contributed by atoms with Gasteiger partial charge < -0.3 is 10.0 Å². The minimum atomic E-state index is -1.02. The molecule has 1 aromatic carbocycles. The van der Waals surface area contributed by atoms with Crippen molar-refractivity contribution in [1.29, 1.82) is 0 Å². The highest BCUT2D eigenvalue weighted by molar-refractivity contribution is 6.30. The third kappa shape index (κ3) is 4.25. The lowest BCUT2D eigenvalue weighted by Gasteiger charge is -2.17. The lowest BCUT2D eigenvalue weighted by atomic mass is 10.1. The van der Waals surface area contributed by atoms with E-state index < -0.39 is 17.8 Å². The summed E-state index contributed by atoms with van der Waals surface area (Å²) >= 11 is 5.64. The number of hydrogen-bond acceptors (Lipinski definition) is 3. The first kappa shape index (κ1) is 14.9. The molecule has 4 nitrogen and oxygen atoms in total. The van der Waals surface area contributed by atoms with Crippen LogP contribution in [0.5, 0.6) is 0 Å². The highest BCUT2D eigenvalue weighted by Crippen LogP contribution is 2.21. The molecular weight excluding hydrogens is 259 g/mol. The van der Waals surface area contributed by atoms with E-state index in [0.29, 0.717) is 18.7 Å². The predicted molar refractivity (Wildman–Crippen MR) is 68.3 cm³/mol. The maximum atomic E-state index is 13.0. The van der Waals surface area contributed by atoms with Gasteiger partial charge in [-0.05, 0) is 31.8 Å². The number of likely N-dealkylation sites (N-methyl/N-ethyl adjacent to an activating group) is 1. The second-order valence-electron chi connectivity index (χ2n) is 4.20. The van der Waals surface area contributed by atoms with Gasteiger partial charge in [0.25, 0.3) is 0 Å². The number of carbonyl (C=O) groups is 1. The standard InChI is InChI=1S/C12H16ClFN2O2/c1-16(2)6-5-15-11(12(17)18)8-3-4-10(14)9(13)7-8/h3-4,7,11,15H,5-6H2,1-2H3,(H,17,18). The molecule has 0 radical (unpaired) electrons. The van der Waals surface area contributed by atoms with Crippen LogP contribution in [0.2, 0.25) is 5.02 Å². The van der Waals surface area contributed by atoms with Crippen molar-refractivity contribution in [2.24, 2.45) is 0 Å². The average Bonchev–Trinajstić information content (AvgIpc) is 2.27. The number of hydrogen-bond donors (Lipinski definition) is 2. The number of nitrogens with zero attached hydrogens (tertiary/aromatic N) is 1. The van der Waals surface area contributed by atoms with Crippen molar-refractivity contribution in [3.8, 4) is 0 Å². The van der Waals surface area contributed by atoms with Crippen LogP contribution in [0.15, 0.2) is 18.2 Å². The normalized spacial score (nSPS) is 12.7. The summed E-state index contributed by atoms with van der Waals surface area (Å²) in [6, 6.07) is 3.03. The Hall–Kier alpha value is -1.17. The van der Waals surface area contributed by atoms with Crippen LogP contribution in [0, 0.1) is 5.82 Å². The van der Waals surface area contributed by atoms with E-state index >= 15 is 0 Å². The van der Waals surface area contributed by atoms with Crippen LogP contribution in [0.25, 0.3) is 0 Å². The van der Waals surface area contributed by atoms with Crippen LogP contribution in [-0.2, 0) is 4.79 Å². The molecule has 100 valence electrons. The van der Waals surface area contributed by atoms with E-state index in [-0.39, 0.29) is 5.02 Å². The number of carboxylic acids is 1. The number of halogens is 2. The zero-order chi connectivity index (χ0) is 13.7. The van der Waals surface area contributed by atoms with Gasteiger partial charge in [0.15, 0.2) is 0 Å². The lowest BCUT2D eigenvalue weighted by molar-refractivity contribution is -0.139. The fourth-order valence-electron chi connectivity index (χ4n) is 1.47. The highest BCUT2D eigenvalue weighted by atomic mass is 35.5. The quantitative estimate of drug-likeness (QED) is 0.830. The zero-order valence-corrected chi connectivity index (χ0v) is 11.0. The van der Waals surface area contributed by atoms with Crippen molar-refractivity contribution in [1.82, 2.24) is 10.2 Å². The maximum Gasteiger partial charge on any atom is 0.325 e. The van der Waals surface area contributed by atoms with Crippen molar-refractivity contribution >= 4 is 17.6 Å². The van der Waals surface area contributed by atoms with Crippen LogP contribution in [0.1, 0.15) is 11.6 Å². The van der Waals surface area contributed by atoms with Crippen LogP contribution >= 0.6 is 11.6 Å². The summed E-state index contributed by atoms with van der Waals surface area (Å²) in [5.41, 5.74) is 0.438. The summed E-state index contributed by atoms with van der Waals surface area (Å²) < 4.78 is 13.0. The third-order valence-electron chi connectivity index (χ3n) is 2.43. The van der Waals surface area contributed by atoms with Crippen LogP contribution in [0.4, 0.5) is 4.39 Å². The van der Waals surface area contributed by atoms with Gasteiger partial charge in [-0.3, -0.25) is 10.1 Å². The largest absolute Gasteiger partial charge is 0.480 e. The minimum absolute atomic E-state index is 0.0758. The molecular formula is C12H16ClFN2O2. The molecule has 0 heterocycles. The molecule has 0 bridgehead atoms. The van der Waals surface area contributed by atoms with E-state index in [4.69, 9.17) is 16.7 Å². The molecule has 0 fully saturated rings. The summed E-state index contributed by atoms with van der Waals surface area (Å²) in [6.45, 7) is 1.22. The molecule has 6 heteroatoms. The molecule has 1 aromatic rings. The summed E-state index contributed by atoms with van der Waals surface area (Å²) in [4.78, 5) is 13.1. The molecule has 0 spiro atoms. The first-order valence-corrected chi connectivity index (χ1v) is 5.85. The Balaban J connectivity index is 2.78. The fraction of sp³-hybridized carbons (Fsp3) is 0.417. The minimum Gasteiger partial charge on any atom is -0.480 e. The monoisotopic (exact) mass is 274 g/mol. The van der Waals surface area contributed by atoms with E-state index in [9.17, 15) is 9.18 Å². The SMILES string of the molecule is CN(C)CCNC(C(=O)O)c1ccc(F)c(Cl)c1. The van der Waals surface area contributed by atoms with Gasteiger partial charge in [-0.15, -0.1) is 0 Å². The molecule has 0 aliphatic rings. The molecule has 1 rings (SSSR count). The molecule has 0 aliphatic heterocycles. The predicted octanol–water partition coefficient (Wildman–Crippen LogP) is 1.76. The van der Waals surface area contributed by atoms with Crippen molar-refractivity contribution in [3.05, 3.63) is 34.6 Å². The molecule has 0 amide bonds. The number of rotatable bonds is 6. The topological polar surface area (TPSA) is 52.6 Å². The van der Waals surface area contributed by atoms with Crippen LogP contribution < -0.4 is 5.32 Å². The average molecular weight is 275 g/mol. The van der Waals surface area contributed by atoms with Crippen LogP contribution in [0.3, 0.4) is 0 Å². The van der Waals surface area contributed by atoms with E-state index in [0.717, 1.165) is 0 Å². The van der Waals surface area contributed by atoms with E-state index in [1.807, 2.05) is 19.0 Å². The number of aliphatic carboxylic acids is 1. The first-order chi connectivity index (χ1) is 8.41. The number of benzene rings is 1. The Morgan fingerprint density at radius 1 is 1.56 bits per heavy atom. The zero-order valence-electron chi connectivity index (χ0n) is 10.3. The van der Waals surface area contributed by atoms with Gasteiger partial charge in [0.2, 0.25) is 0 Å². The van der Waals surface area contributed by atoms with Crippen molar-refractivity contribution in [2.45, 2.75) is 6.04 Å². The van der Waals surface area contributed by atoms with E-state index in [2.05, 4.69) is 5.32 Å². The van der Waals surface area contributed by atoms with Crippen molar-refractivity contribution < 1.29 is 14.3 Å². The van der Waals surface area contributed by atoms with Gasteiger partial charge in [0.05, 0.1) is 5.02 Å². The third-order valence-corrected chi connectivity index (χ3v) is 2.72. The molecule has 18 heavy (non-hydrogen) atoms. The summed E-state index contributed by atoms with van der Waals surface area (Å²) in [7, 11) is 3.79. The van der Waals surface area contributed by atoms with E-state index in [1.165, 1.54) is 18.2 Å². The van der Waals surface area contributed by atoms with Crippen LogP contribution in [-0.4, -0.2) is 43.2 Å². The molecule has 1 atom stereocenters. The molecule has 0 aliphatic carbocycles. The summed E-state index contributed by atoms with van der Waals surface area (Å²) in [5, 5.41) is 12.0. The Kier molecular flexibility index (Phi) is 5.53. The van der Waals surface area contributed by atoms with Crippen molar-refractivity contribution in [2.75, 3.05) is 27.2 Å². The van der Waals surface area contributed by atoms with Gasteiger partial charge in [-0.25, -0.2) is 4.39 Å². The molecule has 0 saturated heterocycles. The second-order valence-corrected chi connectivity index (χ2v) is 4.61. The van der Waals surface area contributed by atoms with Gasteiger partial charge >= 0.3 is 5.97 Å². The fourth-order valence-corrected chi connectivity index (χ4v) is 1.66. The molecule has 0 saturated carbocycles. The number of carboxylic acid groups (broad SMARTS) is 1. The van der Waals surface area contributed by atoms with Crippen molar-refractivity contribution in [3.63, 3.8) is 0 Å². The lowest BCUT2D eigenvalue weighted by Crippen LogP contribution is -2.33.